The molecule has 6 heteroatoms. The lowest BCUT2D eigenvalue weighted by atomic mass is 10.1. The normalized spacial score (nSPS) is 17.0. The molecule has 0 aliphatic carbocycles. The summed E-state index contributed by atoms with van der Waals surface area (Å²) in [5.74, 6) is -0.474. The maximum Gasteiger partial charge on any atom is 0.255 e. The molecule has 2 aromatic rings. The highest BCUT2D eigenvalue weighted by atomic mass is 35.5. The fourth-order valence-corrected chi connectivity index (χ4v) is 3.14. The van der Waals surface area contributed by atoms with Crippen molar-refractivity contribution in [3.05, 3.63) is 64.2 Å². The summed E-state index contributed by atoms with van der Waals surface area (Å²) >= 11 is 6.15. The van der Waals surface area contributed by atoms with Crippen molar-refractivity contribution in [2.24, 2.45) is 0 Å². The third-order valence-corrected chi connectivity index (χ3v) is 4.63. The van der Waals surface area contributed by atoms with Gasteiger partial charge in [-0.15, -0.1) is 0 Å². The first-order valence-electron chi connectivity index (χ1n) is 8.05. The topological polar surface area (TPSA) is 69.6 Å². The van der Waals surface area contributed by atoms with E-state index < -0.39 is 0 Å². The molecule has 1 heterocycles. The number of phenolic OH excluding ortho intramolecular Hbond substituents is 1. The van der Waals surface area contributed by atoms with Crippen LogP contribution in [0.1, 0.15) is 27.9 Å². The monoisotopic (exact) mass is 358 g/mol. The standard InChI is InChI=1S/C19H19ClN2O3/c1-12-6-7-17(23)15(8-12)19(25)21-14-9-18(24)22(11-14)10-13-4-2-3-5-16(13)20/h2-8,14,23H,9-11H2,1H3,(H,21,25)/t14-/m0/s1. The zero-order valence-corrected chi connectivity index (χ0v) is 14.6. The summed E-state index contributed by atoms with van der Waals surface area (Å²) in [6.07, 6.45) is 0.239. The third-order valence-electron chi connectivity index (χ3n) is 4.27. The molecule has 1 aliphatic heterocycles. The van der Waals surface area contributed by atoms with Crippen molar-refractivity contribution in [3.8, 4) is 5.75 Å². The lowest BCUT2D eigenvalue weighted by molar-refractivity contribution is -0.128. The summed E-state index contributed by atoms with van der Waals surface area (Å²) in [5.41, 5.74) is 1.98. The minimum absolute atomic E-state index is 0.0290. The number of nitrogens with one attached hydrogen (secondary N) is 1. The number of halogens is 1. The van der Waals surface area contributed by atoms with Gasteiger partial charge in [0.05, 0.1) is 11.6 Å². The fourth-order valence-electron chi connectivity index (χ4n) is 2.95. The summed E-state index contributed by atoms with van der Waals surface area (Å²) in [4.78, 5) is 26.3. The predicted octanol–water partition coefficient (Wildman–Crippen LogP) is 2.88. The first-order valence-corrected chi connectivity index (χ1v) is 8.43. The third kappa shape index (κ3) is 3.94. The van der Waals surface area contributed by atoms with Crippen molar-refractivity contribution in [1.82, 2.24) is 10.2 Å². The number of rotatable bonds is 4. The zero-order valence-electron chi connectivity index (χ0n) is 13.8. The van der Waals surface area contributed by atoms with Gasteiger partial charge in [-0.05, 0) is 30.7 Å². The molecule has 2 amide bonds. The molecule has 0 unspecified atom stereocenters. The second kappa shape index (κ2) is 7.15. The molecule has 130 valence electrons. The molecule has 25 heavy (non-hydrogen) atoms. The van der Waals surface area contributed by atoms with Crippen molar-refractivity contribution in [2.75, 3.05) is 6.54 Å². The molecule has 1 atom stereocenters. The van der Waals surface area contributed by atoms with Crippen molar-refractivity contribution >= 4 is 23.4 Å². The molecular weight excluding hydrogens is 340 g/mol. The Balaban J connectivity index is 1.65. The number of aryl methyl sites for hydroxylation is 1. The van der Waals surface area contributed by atoms with E-state index in [1.807, 2.05) is 25.1 Å². The SMILES string of the molecule is Cc1ccc(O)c(C(=O)N[C@H]2CC(=O)N(Cc3ccccc3Cl)C2)c1. The molecule has 3 rings (SSSR count). The van der Waals surface area contributed by atoms with Crippen LogP contribution in [0.5, 0.6) is 5.75 Å². The first kappa shape index (κ1) is 17.3. The van der Waals surface area contributed by atoms with E-state index in [9.17, 15) is 14.7 Å². The van der Waals surface area contributed by atoms with Gasteiger partial charge in [0.15, 0.2) is 0 Å². The highest BCUT2D eigenvalue weighted by Gasteiger charge is 2.31. The molecule has 5 nitrogen and oxygen atoms in total. The van der Waals surface area contributed by atoms with Gasteiger partial charge >= 0.3 is 0 Å². The number of phenols is 1. The van der Waals surface area contributed by atoms with Crippen molar-refractivity contribution in [3.63, 3.8) is 0 Å². The molecule has 0 bridgehead atoms. The van der Waals surface area contributed by atoms with Gasteiger partial charge < -0.3 is 15.3 Å². The molecule has 0 saturated carbocycles. The Kier molecular flexibility index (Phi) is 4.95. The summed E-state index contributed by atoms with van der Waals surface area (Å²) in [7, 11) is 0. The Bertz CT molecular complexity index is 822. The smallest absolute Gasteiger partial charge is 0.255 e. The number of amides is 2. The second-order valence-electron chi connectivity index (χ2n) is 6.26. The number of hydrogen-bond donors (Lipinski definition) is 2. The number of likely N-dealkylation sites (tertiary alicyclic amines) is 1. The van der Waals surface area contributed by atoms with Crippen LogP contribution in [-0.2, 0) is 11.3 Å². The van der Waals surface area contributed by atoms with Gasteiger partial charge in [-0.1, -0.05) is 41.4 Å². The van der Waals surface area contributed by atoms with Crippen LogP contribution in [0.15, 0.2) is 42.5 Å². The van der Waals surface area contributed by atoms with Gasteiger partial charge in [0.25, 0.3) is 5.91 Å². The van der Waals surface area contributed by atoms with Gasteiger partial charge in [0, 0.05) is 24.5 Å². The van der Waals surface area contributed by atoms with Gasteiger partial charge in [0.2, 0.25) is 5.91 Å². The Morgan fingerprint density at radius 3 is 2.84 bits per heavy atom. The highest BCUT2D eigenvalue weighted by Crippen LogP contribution is 2.22. The molecule has 0 spiro atoms. The number of aromatic hydroxyl groups is 1. The van der Waals surface area contributed by atoms with Crippen LogP contribution >= 0.6 is 11.6 Å². The van der Waals surface area contributed by atoms with E-state index in [0.29, 0.717) is 18.1 Å². The Morgan fingerprint density at radius 2 is 2.08 bits per heavy atom. The molecule has 0 radical (unpaired) electrons. The second-order valence-corrected chi connectivity index (χ2v) is 6.67. The van der Waals surface area contributed by atoms with E-state index in [1.165, 1.54) is 6.07 Å². The van der Waals surface area contributed by atoms with Crippen LogP contribution in [0, 0.1) is 6.92 Å². The molecule has 2 N–H and O–H groups in total. The highest BCUT2D eigenvalue weighted by molar-refractivity contribution is 6.31. The van der Waals surface area contributed by atoms with Gasteiger partial charge in [-0.25, -0.2) is 0 Å². The van der Waals surface area contributed by atoms with Crippen LogP contribution in [0.25, 0.3) is 0 Å². The lowest BCUT2D eigenvalue weighted by Gasteiger charge is -2.18. The van der Waals surface area contributed by atoms with Gasteiger partial charge in [-0.2, -0.15) is 0 Å². The number of nitrogens with zero attached hydrogens (tertiary/aromatic N) is 1. The fraction of sp³-hybridized carbons (Fsp3) is 0.263. The quantitative estimate of drug-likeness (QED) is 0.883. The van der Waals surface area contributed by atoms with Crippen LogP contribution in [-0.4, -0.2) is 34.4 Å². The maximum absolute atomic E-state index is 12.4. The van der Waals surface area contributed by atoms with Gasteiger partial charge in [-0.3, -0.25) is 9.59 Å². The lowest BCUT2D eigenvalue weighted by Crippen LogP contribution is -2.37. The van der Waals surface area contributed by atoms with E-state index in [-0.39, 0.29) is 35.6 Å². The average Bonchev–Trinajstić information content (AvgIpc) is 2.91. The number of hydrogen-bond acceptors (Lipinski definition) is 3. The Hall–Kier alpha value is -2.53. The minimum Gasteiger partial charge on any atom is -0.507 e. The van der Waals surface area contributed by atoms with E-state index in [4.69, 9.17) is 11.6 Å². The van der Waals surface area contributed by atoms with Crippen LogP contribution < -0.4 is 5.32 Å². The van der Waals surface area contributed by atoms with Crippen molar-refractivity contribution in [2.45, 2.75) is 25.9 Å². The molecule has 1 aliphatic rings. The number of benzene rings is 2. The van der Waals surface area contributed by atoms with Crippen molar-refractivity contribution < 1.29 is 14.7 Å². The van der Waals surface area contributed by atoms with E-state index >= 15 is 0 Å². The van der Waals surface area contributed by atoms with Gasteiger partial charge in [0.1, 0.15) is 5.75 Å². The molecule has 1 saturated heterocycles. The molecule has 1 fully saturated rings. The maximum atomic E-state index is 12.4. The molecular formula is C19H19ClN2O3. The largest absolute Gasteiger partial charge is 0.507 e. The van der Waals surface area contributed by atoms with Crippen molar-refractivity contribution in [1.29, 1.82) is 0 Å². The molecule has 2 aromatic carbocycles. The van der Waals surface area contributed by atoms with E-state index in [1.54, 1.807) is 23.1 Å². The summed E-state index contributed by atoms with van der Waals surface area (Å²) in [6, 6.07) is 12.0. The Morgan fingerprint density at radius 1 is 1.32 bits per heavy atom. The molecule has 0 aromatic heterocycles. The minimum atomic E-state index is -0.376. The van der Waals surface area contributed by atoms with Crippen LogP contribution in [0.3, 0.4) is 0 Å². The van der Waals surface area contributed by atoms with Crippen LogP contribution in [0.4, 0.5) is 0 Å². The summed E-state index contributed by atoms with van der Waals surface area (Å²) in [5, 5.41) is 13.3. The number of carbonyl (C=O) groups is 2. The Labute approximate surface area is 151 Å². The van der Waals surface area contributed by atoms with Crippen LogP contribution in [0.2, 0.25) is 5.02 Å². The summed E-state index contributed by atoms with van der Waals surface area (Å²) in [6.45, 7) is 2.68. The van der Waals surface area contributed by atoms with E-state index in [2.05, 4.69) is 5.32 Å². The first-order chi connectivity index (χ1) is 11.9. The number of carbonyl (C=O) groups excluding carboxylic acids is 2. The van der Waals surface area contributed by atoms with E-state index in [0.717, 1.165) is 11.1 Å². The summed E-state index contributed by atoms with van der Waals surface area (Å²) < 4.78 is 0. The average molecular weight is 359 g/mol. The predicted molar refractivity (Wildman–Crippen MR) is 95.6 cm³/mol. The zero-order chi connectivity index (χ0) is 18.0.